The average Bonchev–Trinajstić information content (AvgIpc) is 3.28. The Morgan fingerprint density at radius 2 is 1.62 bits per heavy atom. The van der Waals surface area contributed by atoms with Crippen molar-refractivity contribution in [2.45, 2.75) is 18.9 Å². The molecule has 1 fully saturated rings. The van der Waals surface area contributed by atoms with E-state index in [9.17, 15) is 14.7 Å². The molecule has 7 nitrogen and oxygen atoms in total. The summed E-state index contributed by atoms with van der Waals surface area (Å²) in [6.07, 6.45) is 0. The summed E-state index contributed by atoms with van der Waals surface area (Å²) >= 11 is 1.49. The minimum Gasteiger partial charge on any atom is -0.480 e. The number of rotatable bonds is 8. The highest BCUT2D eigenvalue weighted by atomic mass is 32.1. The van der Waals surface area contributed by atoms with Gasteiger partial charge in [0, 0.05) is 7.05 Å². The van der Waals surface area contributed by atoms with Crippen molar-refractivity contribution in [2.75, 3.05) is 25.6 Å². The van der Waals surface area contributed by atoms with Gasteiger partial charge in [-0.2, -0.15) is 4.37 Å². The van der Waals surface area contributed by atoms with Gasteiger partial charge in [0.25, 0.3) is 6.47 Å². The van der Waals surface area contributed by atoms with Crippen LogP contribution >= 0.6 is 11.5 Å². The smallest absolute Gasteiger partial charge is 0.318 e. The number of carbonyl (C=O) groups excluding carboxylic acids is 1. The SMILES string of the molecule is CNc1c(C)nsc1-c1ccc(-c2ccc(C3(C(=O)O)COC3)cc2)cc1.O=COCc1ccccc1. The molecule has 1 aliphatic rings. The second kappa shape index (κ2) is 11.8. The number of hydrogen-bond donors (Lipinski definition) is 2. The van der Waals surface area contributed by atoms with Crippen molar-refractivity contribution >= 4 is 29.7 Å². The number of nitrogens with one attached hydrogen (secondary N) is 1. The predicted molar refractivity (Wildman–Crippen MR) is 145 cm³/mol. The molecule has 0 atom stereocenters. The third kappa shape index (κ3) is 5.71. The maximum absolute atomic E-state index is 11.6. The van der Waals surface area contributed by atoms with Crippen LogP contribution in [-0.4, -0.2) is 42.2 Å². The van der Waals surface area contributed by atoms with Crippen LogP contribution in [0.3, 0.4) is 0 Å². The number of hydrogen-bond acceptors (Lipinski definition) is 7. The van der Waals surface area contributed by atoms with E-state index in [2.05, 4.69) is 38.7 Å². The van der Waals surface area contributed by atoms with Gasteiger partial charge in [-0.3, -0.25) is 9.59 Å². The fourth-order valence-corrected chi connectivity index (χ4v) is 4.98. The quantitative estimate of drug-likeness (QED) is 0.297. The lowest BCUT2D eigenvalue weighted by molar-refractivity contribution is -0.163. The zero-order valence-electron chi connectivity index (χ0n) is 20.6. The van der Waals surface area contributed by atoms with Gasteiger partial charge in [0.1, 0.15) is 12.0 Å². The largest absolute Gasteiger partial charge is 0.480 e. The van der Waals surface area contributed by atoms with Crippen molar-refractivity contribution in [3.63, 3.8) is 0 Å². The van der Waals surface area contributed by atoms with Gasteiger partial charge in [-0.15, -0.1) is 0 Å². The van der Waals surface area contributed by atoms with Gasteiger partial charge in [0.2, 0.25) is 0 Å². The van der Waals surface area contributed by atoms with E-state index in [-0.39, 0.29) is 13.2 Å². The maximum Gasteiger partial charge on any atom is 0.318 e. The first-order valence-electron chi connectivity index (χ1n) is 11.7. The highest BCUT2D eigenvalue weighted by Crippen LogP contribution is 2.36. The lowest BCUT2D eigenvalue weighted by Crippen LogP contribution is -2.53. The molecule has 1 aromatic heterocycles. The van der Waals surface area contributed by atoms with E-state index in [0.717, 1.165) is 44.1 Å². The summed E-state index contributed by atoms with van der Waals surface area (Å²) in [6.45, 7) is 3.28. The first-order valence-corrected chi connectivity index (χ1v) is 12.5. The summed E-state index contributed by atoms with van der Waals surface area (Å²) in [6, 6.07) is 25.6. The Labute approximate surface area is 219 Å². The predicted octanol–water partition coefficient (Wildman–Crippen LogP) is 5.54. The number of carboxylic acid groups (broad SMARTS) is 1. The van der Waals surface area contributed by atoms with Gasteiger partial charge >= 0.3 is 5.97 Å². The van der Waals surface area contributed by atoms with Crippen molar-refractivity contribution < 1.29 is 24.2 Å². The molecule has 2 N–H and O–H groups in total. The van der Waals surface area contributed by atoms with E-state index in [1.807, 2.05) is 68.6 Å². The Morgan fingerprint density at radius 3 is 2.14 bits per heavy atom. The standard InChI is InChI=1S/C21H20N2O3S.C8H8O2/c1-13-18(22-2)19(27-23-13)16-5-3-14(4-6-16)15-7-9-17(10-8-15)21(20(24)25)11-26-12-21;9-7-10-6-8-4-2-1-3-5-8/h3-10,22H,11-12H2,1-2H3,(H,24,25);1-5,7H,6H2. The number of aryl methyl sites for hydroxylation is 1. The molecule has 2 heterocycles. The van der Waals surface area contributed by atoms with E-state index in [1.165, 1.54) is 11.5 Å². The molecule has 0 bridgehead atoms. The topological polar surface area (TPSA) is 97.8 Å². The van der Waals surface area contributed by atoms with Crippen molar-refractivity contribution in [3.8, 4) is 21.6 Å². The van der Waals surface area contributed by atoms with Crippen LogP contribution in [0.15, 0.2) is 78.9 Å². The number of nitrogens with zero attached hydrogens (tertiary/aromatic N) is 1. The minimum absolute atomic E-state index is 0.235. The number of ether oxygens (including phenoxy) is 2. The van der Waals surface area contributed by atoms with E-state index in [1.54, 1.807) is 0 Å². The molecule has 0 amide bonds. The van der Waals surface area contributed by atoms with Crippen LogP contribution in [0.1, 0.15) is 16.8 Å². The molecular weight excluding hydrogens is 488 g/mol. The van der Waals surface area contributed by atoms with E-state index >= 15 is 0 Å². The number of aromatic nitrogens is 1. The lowest BCUT2D eigenvalue weighted by Gasteiger charge is -2.37. The van der Waals surface area contributed by atoms with E-state index in [0.29, 0.717) is 13.1 Å². The zero-order chi connectivity index (χ0) is 26.3. The Morgan fingerprint density at radius 1 is 1.03 bits per heavy atom. The number of benzene rings is 3. The molecule has 0 radical (unpaired) electrons. The first-order chi connectivity index (χ1) is 18.0. The lowest BCUT2D eigenvalue weighted by atomic mass is 9.78. The summed E-state index contributed by atoms with van der Waals surface area (Å²) in [5.41, 5.74) is 6.25. The summed E-state index contributed by atoms with van der Waals surface area (Å²) < 4.78 is 14.1. The molecule has 0 unspecified atom stereocenters. The first kappa shape index (κ1) is 26.1. The molecule has 1 aliphatic heterocycles. The number of anilines is 1. The molecule has 3 aromatic carbocycles. The van der Waals surface area contributed by atoms with Crippen LogP contribution in [0, 0.1) is 6.92 Å². The normalized spacial score (nSPS) is 13.5. The molecule has 0 spiro atoms. The van der Waals surface area contributed by atoms with Crippen LogP contribution in [0.4, 0.5) is 5.69 Å². The monoisotopic (exact) mass is 516 g/mol. The van der Waals surface area contributed by atoms with E-state index < -0.39 is 11.4 Å². The highest BCUT2D eigenvalue weighted by molar-refractivity contribution is 7.10. The highest BCUT2D eigenvalue weighted by Gasteiger charge is 2.47. The summed E-state index contributed by atoms with van der Waals surface area (Å²) in [4.78, 5) is 22.5. The van der Waals surface area contributed by atoms with Crippen LogP contribution in [0.5, 0.6) is 0 Å². The summed E-state index contributed by atoms with van der Waals surface area (Å²) in [5, 5.41) is 12.7. The maximum atomic E-state index is 11.6. The van der Waals surface area contributed by atoms with Crippen LogP contribution < -0.4 is 5.32 Å². The van der Waals surface area contributed by atoms with Crippen molar-refractivity contribution in [1.82, 2.24) is 4.37 Å². The number of carboxylic acids is 1. The molecule has 37 heavy (non-hydrogen) atoms. The van der Waals surface area contributed by atoms with Gasteiger partial charge < -0.3 is 19.9 Å². The molecular formula is C29H28N2O5S. The fraction of sp³-hybridized carbons (Fsp3) is 0.207. The molecule has 190 valence electrons. The van der Waals surface area contributed by atoms with Gasteiger partial charge in [-0.25, -0.2) is 0 Å². The van der Waals surface area contributed by atoms with Crippen LogP contribution in [0.2, 0.25) is 0 Å². The molecule has 0 aliphatic carbocycles. The van der Waals surface area contributed by atoms with Crippen LogP contribution in [0.25, 0.3) is 21.6 Å². The Hall–Kier alpha value is -4.01. The van der Waals surface area contributed by atoms with E-state index in [4.69, 9.17) is 4.74 Å². The number of carbonyl (C=O) groups is 2. The van der Waals surface area contributed by atoms with Gasteiger partial charge in [-0.1, -0.05) is 78.9 Å². The van der Waals surface area contributed by atoms with Crippen molar-refractivity contribution in [3.05, 3.63) is 95.7 Å². The second-order valence-electron chi connectivity index (χ2n) is 8.65. The molecule has 5 rings (SSSR count). The molecule has 8 heteroatoms. The number of aliphatic carboxylic acids is 1. The zero-order valence-corrected chi connectivity index (χ0v) is 21.5. The molecule has 1 saturated heterocycles. The summed E-state index contributed by atoms with van der Waals surface area (Å²) in [5.74, 6) is -0.828. The van der Waals surface area contributed by atoms with Gasteiger partial charge in [0.05, 0.1) is 29.5 Å². The third-order valence-corrected chi connectivity index (χ3v) is 7.29. The second-order valence-corrected chi connectivity index (χ2v) is 9.42. The Kier molecular flexibility index (Phi) is 8.32. The van der Waals surface area contributed by atoms with Gasteiger partial charge in [-0.05, 0) is 46.3 Å². The Bertz CT molecular complexity index is 1330. The fourth-order valence-electron chi connectivity index (χ4n) is 4.08. The average molecular weight is 517 g/mol. The van der Waals surface area contributed by atoms with Crippen molar-refractivity contribution in [1.29, 1.82) is 0 Å². The van der Waals surface area contributed by atoms with Gasteiger partial charge in [0.15, 0.2) is 0 Å². The minimum atomic E-state index is -0.893. The van der Waals surface area contributed by atoms with Crippen LogP contribution in [-0.2, 0) is 31.1 Å². The third-order valence-electron chi connectivity index (χ3n) is 6.30. The summed E-state index contributed by atoms with van der Waals surface area (Å²) in [7, 11) is 1.91. The Balaban J connectivity index is 0.000000270. The van der Waals surface area contributed by atoms with Crippen molar-refractivity contribution in [2.24, 2.45) is 0 Å². The molecule has 4 aromatic rings. The molecule has 0 saturated carbocycles.